The van der Waals surface area contributed by atoms with Crippen molar-refractivity contribution in [2.24, 2.45) is 5.92 Å². The molecule has 0 aromatic rings. The second-order valence-electron chi connectivity index (χ2n) is 4.19. The molecule has 0 radical (unpaired) electrons. The highest BCUT2D eigenvalue weighted by molar-refractivity contribution is 6.06. The van der Waals surface area contributed by atoms with E-state index in [2.05, 4.69) is 17.2 Å². The number of hydrogen-bond donors (Lipinski definition) is 2. The van der Waals surface area contributed by atoms with Crippen LogP contribution in [-0.2, 0) is 9.59 Å². The SMILES string of the molecule is C=CCNC(=O)CN1C(=O)NC(C(C)C)C1=O. The van der Waals surface area contributed by atoms with Gasteiger partial charge in [0.25, 0.3) is 5.91 Å². The van der Waals surface area contributed by atoms with E-state index in [1.54, 1.807) is 0 Å². The van der Waals surface area contributed by atoms with Crippen LogP contribution in [0.3, 0.4) is 0 Å². The number of nitrogens with one attached hydrogen (secondary N) is 2. The Bertz CT molecular complexity index is 352. The van der Waals surface area contributed by atoms with E-state index in [4.69, 9.17) is 0 Å². The Kier molecular flexibility index (Phi) is 4.25. The van der Waals surface area contributed by atoms with Crippen LogP contribution in [0.2, 0.25) is 0 Å². The van der Waals surface area contributed by atoms with E-state index in [1.807, 2.05) is 13.8 Å². The van der Waals surface area contributed by atoms with Crippen molar-refractivity contribution in [3.63, 3.8) is 0 Å². The van der Waals surface area contributed by atoms with Gasteiger partial charge in [-0.15, -0.1) is 6.58 Å². The molecule has 1 unspecified atom stereocenters. The summed E-state index contributed by atoms with van der Waals surface area (Å²) in [5.74, 6) is -0.718. The molecule has 1 atom stereocenters. The fraction of sp³-hybridized carbons (Fsp3) is 0.545. The predicted molar refractivity (Wildman–Crippen MR) is 62.1 cm³/mol. The summed E-state index contributed by atoms with van der Waals surface area (Å²) in [6, 6.07) is -1.04. The summed E-state index contributed by atoms with van der Waals surface area (Å²) in [6.45, 7) is 7.20. The molecule has 1 fully saturated rings. The minimum Gasteiger partial charge on any atom is -0.351 e. The molecule has 0 aromatic carbocycles. The first-order valence-corrected chi connectivity index (χ1v) is 5.46. The third kappa shape index (κ3) is 3.05. The van der Waals surface area contributed by atoms with Crippen LogP contribution in [0.25, 0.3) is 0 Å². The van der Waals surface area contributed by atoms with Crippen LogP contribution in [0.5, 0.6) is 0 Å². The normalized spacial score (nSPS) is 19.5. The van der Waals surface area contributed by atoms with Crippen LogP contribution in [0.1, 0.15) is 13.8 Å². The molecule has 0 spiro atoms. The fourth-order valence-electron chi connectivity index (χ4n) is 1.53. The zero-order valence-corrected chi connectivity index (χ0v) is 10.0. The minimum atomic E-state index is -0.533. The Labute approximate surface area is 100 Å². The number of carbonyl (C=O) groups excluding carboxylic acids is 3. The number of hydrogen-bond acceptors (Lipinski definition) is 3. The molecule has 0 aromatic heterocycles. The topological polar surface area (TPSA) is 78.5 Å². The minimum absolute atomic E-state index is 0.00712. The average Bonchev–Trinajstić information content (AvgIpc) is 2.54. The highest BCUT2D eigenvalue weighted by Gasteiger charge is 2.40. The van der Waals surface area contributed by atoms with E-state index in [0.717, 1.165) is 4.90 Å². The summed E-state index contributed by atoms with van der Waals surface area (Å²) in [7, 11) is 0. The highest BCUT2D eigenvalue weighted by Crippen LogP contribution is 2.13. The second-order valence-corrected chi connectivity index (χ2v) is 4.19. The van der Waals surface area contributed by atoms with Crippen LogP contribution in [0.4, 0.5) is 4.79 Å². The van der Waals surface area contributed by atoms with Gasteiger partial charge in [-0.3, -0.25) is 14.5 Å². The summed E-state index contributed by atoms with van der Waals surface area (Å²) in [5.41, 5.74) is 0. The third-order valence-corrected chi connectivity index (χ3v) is 2.47. The smallest absolute Gasteiger partial charge is 0.325 e. The summed E-state index contributed by atoms with van der Waals surface area (Å²) >= 11 is 0. The molecule has 1 aliphatic rings. The van der Waals surface area contributed by atoms with Crippen LogP contribution >= 0.6 is 0 Å². The lowest BCUT2D eigenvalue weighted by Gasteiger charge is -2.13. The van der Waals surface area contributed by atoms with E-state index in [1.165, 1.54) is 6.08 Å². The summed E-state index contributed by atoms with van der Waals surface area (Å²) in [5, 5.41) is 5.07. The van der Waals surface area contributed by atoms with E-state index < -0.39 is 12.1 Å². The van der Waals surface area contributed by atoms with Crippen molar-refractivity contribution >= 4 is 17.8 Å². The Morgan fingerprint density at radius 2 is 2.24 bits per heavy atom. The second kappa shape index (κ2) is 5.47. The van der Waals surface area contributed by atoms with Gasteiger partial charge in [-0.2, -0.15) is 0 Å². The summed E-state index contributed by atoms with van der Waals surface area (Å²) < 4.78 is 0. The standard InChI is InChI=1S/C11H17N3O3/c1-4-5-12-8(15)6-14-10(16)9(7(2)3)13-11(14)17/h4,7,9H,1,5-6H2,2-3H3,(H,12,15)(H,13,17). The van der Waals surface area contributed by atoms with Gasteiger partial charge in [0.2, 0.25) is 5.91 Å². The maximum atomic E-state index is 11.8. The zero-order valence-electron chi connectivity index (χ0n) is 10.0. The molecule has 1 saturated heterocycles. The van der Waals surface area contributed by atoms with Gasteiger partial charge >= 0.3 is 6.03 Å². The third-order valence-electron chi connectivity index (χ3n) is 2.47. The zero-order chi connectivity index (χ0) is 13.0. The lowest BCUT2D eigenvalue weighted by Crippen LogP contribution is -2.41. The molecule has 6 nitrogen and oxygen atoms in total. The molecule has 1 heterocycles. The van der Waals surface area contributed by atoms with Crippen molar-refractivity contribution in [3.8, 4) is 0 Å². The molecular weight excluding hydrogens is 222 g/mol. The monoisotopic (exact) mass is 239 g/mol. The molecule has 0 aliphatic carbocycles. The van der Waals surface area contributed by atoms with E-state index in [0.29, 0.717) is 6.54 Å². The Morgan fingerprint density at radius 3 is 2.71 bits per heavy atom. The van der Waals surface area contributed by atoms with Gasteiger partial charge < -0.3 is 10.6 Å². The Hall–Kier alpha value is -1.85. The molecule has 0 bridgehead atoms. The molecule has 1 rings (SSSR count). The first kappa shape index (κ1) is 13.2. The molecule has 4 amide bonds. The molecule has 1 aliphatic heterocycles. The Balaban J connectivity index is 2.60. The van der Waals surface area contributed by atoms with E-state index >= 15 is 0 Å². The van der Waals surface area contributed by atoms with Crippen molar-refractivity contribution in [3.05, 3.63) is 12.7 Å². The van der Waals surface area contributed by atoms with Gasteiger partial charge in [0.1, 0.15) is 12.6 Å². The maximum Gasteiger partial charge on any atom is 0.325 e. The van der Waals surface area contributed by atoms with Crippen LogP contribution in [0, 0.1) is 5.92 Å². The first-order valence-electron chi connectivity index (χ1n) is 5.46. The van der Waals surface area contributed by atoms with Crippen LogP contribution in [-0.4, -0.2) is 41.9 Å². The van der Waals surface area contributed by atoms with Gasteiger partial charge in [-0.05, 0) is 5.92 Å². The van der Waals surface area contributed by atoms with Crippen molar-refractivity contribution in [1.29, 1.82) is 0 Å². The van der Waals surface area contributed by atoms with Crippen molar-refractivity contribution in [2.75, 3.05) is 13.1 Å². The lowest BCUT2D eigenvalue weighted by atomic mass is 10.1. The van der Waals surface area contributed by atoms with Gasteiger partial charge in [0.15, 0.2) is 0 Å². The number of imide groups is 1. The summed E-state index contributed by atoms with van der Waals surface area (Å²) in [4.78, 5) is 35.6. The number of carbonyl (C=O) groups is 3. The first-order chi connectivity index (χ1) is 7.97. The number of nitrogens with zero attached hydrogens (tertiary/aromatic N) is 1. The van der Waals surface area contributed by atoms with E-state index in [9.17, 15) is 14.4 Å². The molecule has 94 valence electrons. The van der Waals surface area contributed by atoms with Gasteiger partial charge in [0.05, 0.1) is 0 Å². The van der Waals surface area contributed by atoms with Gasteiger partial charge in [-0.25, -0.2) is 4.79 Å². The van der Waals surface area contributed by atoms with Crippen molar-refractivity contribution < 1.29 is 14.4 Å². The molecule has 2 N–H and O–H groups in total. The van der Waals surface area contributed by atoms with Gasteiger partial charge in [0, 0.05) is 6.54 Å². The molecule has 6 heteroatoms. The quantitative estimate of drug-likeness (QED) is 0.518. The largest absolute Gasteiger partial charge is 0.351 e. The van der Waals surface area contributed by atoms with Gasteiger partial charge in [-0.1, -0.05) is 19.9 Å². The Morgan fingerprint density at radius 1 is 1.59 bits per heavy atom. The molecule has 17 heavy (non-hydrogen) atoms. The molecular formula is C11H17N3O3. The number of amides is 4. The lowest BCUT2D eigenvalue weighted by molar-refractivity contribution is -0.132. The van der Waals surface area contributed by atoms with E-state index in [-0.39, 0.29) is 24.3 Å². The van der Waals surface area contributed by atoms with Crippen molar-refractivity contribution in [2.45, 2.75) is 19.9 Å². The van der Waals surface area contributed by atoms with Crippen LogP contribution < -0.4 is 10.6 Å². The van der Waals surface area contributed by atoms with Crippen LogP contribution in [0.15, 0.2) is 12.7 Å². The maximum absolute atomic E-state index is 11.8. The number of rotatable bonds is 5. The predicted octanol–water partition coefficient (Wildman–Crippen LogP) is -0.135. The molecule has 0 saturated carbocycles. The highest BCUT2D eigenvalue weighted by atomic mass is 16.2. The van der Waals surface area contributed by atoms with Crippen molar-refractivity contribution in [1.82, 2.24) is 15.5 Å². The number of urea groups is 1. The fourth-order valence-corrected chi connectivity index (χ4v) is 1.53. The average molecular weight is 239 g/mol. The summed E-state index contributed by atoms with van der Waals surface area (Å²) in [6.07, 6.45) is 1.53.